The quantitative estimate of drug-likeness (QED) is 0.391. The molecule has 0 bridgehead atoms. The maximum absolute atomic E-state index is 12.7. The molecule has 2 aliphatic heterocycles. The Morgan fingerprint density at radius 2 is 1.84 bits per heavy atom. The predicted molar refractivity (Wildman–Crippen MR) is 139 cm³/mol. The van der Waals surface area contributed by atoms with Gasteiger partial charge >= 0.3 is 0 Å². The van der Waals surface area contributed by atoms with Crippen LogP contribution in [-0.4, -0.2) is 56.0 Å². The zero-order chi connectivity index (χ0) is 25.2. The monoisotopic (exact) mass is 498 g/mol. The highest BCUT2D eigenvalue weighted by Gasteiger charge is 2.35. The third-order valence-electron chi connectivity index (χ3n) is 7.39. The number of fused-ring (bicyclic) bond motifs is 1. The number of benzene rings is 2. The van der Waals surface area contributed by atoms with Gasteiger partial charge in [-0.2, -0.15) is 4.98 Å². The molecule has 4 heterocycles. The number of hydrogen-bond donors (Lipinski definition) is 0. The number of anilines is 1. The van der Waals surface area contributed by atoms with E-state index in [0.29, 0.717) is 37.6 Å². The number of para-hydroxylation sites is 1. The van der Waals surface area contributed by atoms with Crippen LogP contribution in [-0.2, 0) is 16.1 Å². The van der Waals surface area contributed by atoms with E-state index in [2.05, 4.69) is 15.1 Å². The fourth-order valence-corrected chi connectivity index (χ4v) is 5.32. The molecule has 0 spiro atoms. The lowest BCUT2D eigenvalue weighted by molar-refractivity contribution is -0.131. The molecular weight excluding hydrogens is 468 g/mol. The number of rotatable bonds is 6. The fourth-order valence-electron chi connectivity index (χ4n) is 5.32. The fraction of sp³-hybridized carbons (Fsp3) is 0.393. The highest BCUT2D eigenvalue weighted by molar-refractivity contribution is 5.96. The molecule has 0 N–H and O–H groups in total. The molecule has 9 nitrogen and oxygen atoms in total. The predicted octanol–water partition coefficient (Wildman–Crippen LogP) is 4.40. The molecule has 2 aromatic heterocycles. The van der Waals surface area contributed by atoms with Crippen LogP contribution >= 0.6 is 0 Å². The summed E-state index contributed by atoms with van der Waals surface area (Å²) in [5.41, 5.74) is 3.47. The van der Waals surface area contributed by atoms with Crippen LogP contribution in [0.4, 0.5) is 5.69 Å². The minimum atomic E-state index is -0.140. The molecule has 4 aromatic rings. The van der Waals surface area contributed by atoms with Gasteiger partial charge in [-0.15, -0.1) is 0 Å². The SMILES string of the molecule is O=C(CCn1cnc2cc(-c3noc([C@H]4CC(=O)N(c5ccccc5)C4)n3)ccc21)N1CCCCCC1. The first-order chi connectivity index (χ1) is 18.2. The third-order valence-corrected chi connectivity index (χ3v) is 7.39. The molecule has 2 saturated heterocycles. The number of hydrogen-bond acceptors (Lipinski definition) is 6. The summed E-state index contributed by atoms with van der Waals surface area (Å²) in [6, 6.07) is 15.5. The number of likely N-dealkylation sites (tertiary alicyclic amines) is 1. The molecule has 2 aliphatic rings. The minimum Gasteiger partial charge on any atom is -0.343 e. The van der Waals surface area contributed by atoms with Gasteiger partial charge in [-0.25, -0.2) is 4.98 Å². The average molecular weight is 499 g/mol. The Morgan fingerprint density at radius 3 is 2.65 bits per heavy atom. The van der Waals surface area contributed by atoms with Crippen LogP contribution in [0.3, 0.4) is 0 Å². The van der Waals surface area contributed by atoms with Gasteiger partial charge in [0, 0.05) is 50.3 Å². The summed E-state index contributed by atoms with van der Waals surface area (Å²) in [7, 11) is 0. The third kappa shape index (κ3) is 4.85. The minimum absolute atomic E-state index is 0.0530. The van der Waals surface area contributed by atoms with E-state index >= 15 is 0 Å². The molecule has 6 rings (SSSR count). The molecular formula is C28H30N6O3. The van der Waals surface area contributed by atoms with Crippen LogP contribution in [0.5, 0.6) is 0 Å². The maximum Gasteiger partial charge on any atom is 0.232 e. The van der Waals surface area contributed by atoms with Gasteiger partial charge in [-0.05, 0) is 43.2 Å². The summed E-state index contributed by atoms with van der Waals surface area (Å²) in [4.78, 5) is 38.2. The van der Waals surface area contributed by atoms with Crippen molar-refractivity contribution in [1.29, 1.82) is 0 Å². The molecule has 1 atom stereocenters. The second-order valence-electron chi connectivity index (χ2n) is 9.88. The molecule has 0 aliphatic carbocycles. The van der Waals surface area contributed by atoms with Crippen LogP contribution in [0.1, 0.15) is 50.3 Å². The normalized spacial score (nSPS) is 18.5. The number of imidazole rings is 1. The summed E-state index contributed by atoms with van der Waals surface area (Å²) in [5.74, 6) is 1.08. The van der Waals surface area contributed by atoms with E-state index in [9.17, 15) is 9.59 Å². The molecule has 37 heavy (non-hydrogen) atoms. The van der Waals surface area contributed by atoms with Gasteiger partial charge in [0.25, 0.3) is 0 Å². The Morgan fingerprint density at radius 1 is 1.03 bits per heavy atom. The van der Waals surface area contributed by atoms with Crippen LogP contribution in [0.15, 0.2) is 59.4 Å². The Balaban J connectivity index is 1.13. The second kappa shape index (κ2) is 10.2. The van der Waals surface area contributed by atoms with Gasteiger partial charge in [0.2, 0.25) is 23.5 Å². The van der Waals surface area contributed by atoms with E-state index in [1.54, 1.807) is 11.2 Å². The van der Waals surface area contributed by atoms with Crippen LogP contribution < -0.4 is 4.90 Å². The van der Waals surface area contributed by atoms with Crippen molar-refractivity contribution >= 4 is 28.5 Å². The highest BCUT2D eigenvalue weighted by Crippen LogP contribution is 2.32. The van der Waals surface area contributed by atoms with Crippen molar-refractivity contribution in [3.8, 4) is 11.4 Å². The summed E-state index contributed by atoms with van der Waals surface area (Å²) >= 11 is 0. The van der Waals surface area contributed by atoms with Gasteiger partial charge in [-0.3, -0.25) is 9.59 Å². The van der Waals surface area contributed by atoms with E-state index in [0.717, 1.165) is 48.2 Å². The smallest absolute Gasteiger partial charge is 0.232 e. The Hall–Kier alpha value is -4.01. The number of aromatic nitrogens is 4. The van der Waals surface area contributed by atoms with Crippen LogP contribution in [0.25, 0.3) is 22.4 Å². The molecule has 0 unspecified atom stereocenters. The van der Waals surface area contributed by atoms with E-state index in [1.807, 2.05) is 58.0 Å². The number of aryl methyl sites for hydroxylation is 1. The topological polar surface area (TPSA) is 97.4 Å². The van der Waals surface area contributed by atoms with E-state index < -0.39 is 0 Å². The zero-order valence-electron chi connectivity index (χ0n) is 20.8. The molecule has 0 radical (unpaired) electrons. The first kappa shape index (κ1) is 23.4. The summed E-state index contributed by atoms with van der Waals surface area (Å²) in [5, 5.41) is 4.19. The molecule has 2 amide bonds. The van der Waals surface area contributed by atoms with Gasteiger partial charge < -0.3 is 18.9 Å². The van der Waals surface area contributed by atoms with Gasteiger partial charge in [-0.1, -0.05) is 36.2 Å². The first-order valence-corrected chi connectivity index (χ1v) is 13.1. The standard InChI is InChI=1S/C28H30N6O3/c35-25(32-13-6-1-2-7-14-32)12-15-33-19-29-23-16-20(10-11-24(23)33)27-30-28(37-31-27)21-17-26(36)34(18-21)22-8-4-3-5-9-22/h3-5,8-11,16,19,21H,1-2,6-7,12-15,17-18H2/t21-/m0/s1. The first-order valence-electron chi connectivity index (χ1n) is 13.1. The number of carbonyl (C=O) groups is 2. The zero-order valence-corrected chi connectivity index (χ0v) is 20.8. The van der Waals surface area contributed by atoms with Gasteiger partial charge in [0.1, 0.15) is 0 Å². The lowest BCUT2D eigenvalue weighted by atomic mass is 10.1. The van der Waals surface area contributed by atoms with Crippen molar-refractivity contribution in [1.82, 2.24) is 24.6 Å². The lowest BCUT2D eigenvalue weighted by Crippen LogP contribution is -2.32. The van der Waals surface area contributed by atoms with Crippen molar-refractivity contribution < 1.29 is 14.1 Å². The molecule has 190 valence electrons. The van der Waals surface area contributed by atoms with Crippen LogP contribution in [0, 0.1) is 0 Å². The van der Waals surface area contributed by atoms with Crippen molar-refractivity contribution in [2.75, 3.05) is 24.5 Å². The molecule has 2 fully saturated rings. The van der Waals surface area contributed by atoms with Crippen molar-refractivity contribution in [3.63, 3.8) is 0 Å². The summed E-state index contributed by atoms with van der Waals surface area (Å²) in [6.07, 6.45) is 7.23. The molecule has 0 saturated carbocycles. The average Bonchev–Trinajstić information content (AvgIpc) is 3.61. The van der Waals surface area contributed by atoms with E-state index in [4.69, 9.17) is 4.52 Å². The molecule has 2 aromatic carbocycles. The second-order valence-corrected chi connectivity index (χ2v) is 9.88. The number of amides is 2. The Kier molecular flexibility index (Phi) is 6.42. The van der Waals surface area contributed by atoms with Crippen LogP contribution in [0.2, 0.25) is 0 Å². The maximum atomic E-state index is 12.7. The van der Waals surface area contributed by atoms with Gasteiger partial charge in [0.15, 0.2) is 0 Å². The van der Waals surface area contributed by atoms with Crippen molar-refractivity contribution in [3.05, 3.63) is 60.7 Å². The van der Waals surface area contributed by atoms with Gasteiger partial charge in [0.05, 0.1) is 23.3 Å². The summed E-state index contributed by atoms with van der Waals surface area (Å²) < 4.78 is 7.60. The largest absolute Gasteiger partial charge is 0.343 e. The number of nitrogens with zero attached hydrogens (tertiary/aromatic N) is 6. The summed E-state index contributed by atoms with van der Waals surface area (Å²) in [6.45, 7) is 2.87. The van der Waals surface area contributed by atoms with E-state index in [1.165, 1.54) is 12.8 Å². The Labute approximate surface area is 215 Å². The molecule has 9 heteroatoms. The Bertz CT molecular complexity index is 1400. The lowest BCUT2D eigenvalue weighted by Gasteiger charge is -2.20. The van der Waals surface area contributed by atoms with Crippen molar-refractivity contribution in [2.45, 2.75) is 51.0 Å². The van der Waals surface area contributed by atoms with E-state index in [-0.39, 0.29) is 17.7 Å². The number of carbonyl (C=O) groups excluding carboxylic acids is 2. The highest BCUT2D eigenvalue weighted by atomic mass is 16.5. The van der Waals surface area contributed by atoms with Crippen molar-refractivity contribution in [2.24, 2.45) is 0 Å².